The summed E-state index contributed by atoms with van der Waals surface area (Å²) >= 11 is 6.00. The van der Waals surface area contributed by atoms with E-state index in [0.29, 0.717) is 5.02 Å². The van der Waals surface area contributed by atoms with Crippen LogP contribution in [0.25, 0.3) is 0 Å². The van der Waals surface area contributed by atoms with Crippen LogP contribution in [0.15, 0.2) is 71.9 Å². The Hall–Kier alpha value is -3.20. The van der Waals surface area contributed by atoms with Gasteiger partial charge in [-0.2, -0.15) is 0 Å². The molecule has 0 radical (unpaired) electrons. The maximum atomic E-state index is 13.3. The maximum absolute atomic E-state index is 13.3. The van der Waals surface area contributed by atoms with Gasteiger partial charge >= 0.3 is 6.09 Å². The molecule has 3 aromatic rings. The number of halogens is 1. The van der Waals surface area contributed by atoms with Crippen LogP contribution in [0.1, 0.15) is 25.0 Å². The first kappa shape index (κ1) is 24.4. The topological polar surface area (TPSA) is 91.7 Å². The maximum Gasteiger partial charge on any atom is 0.412 e. The molecule has 0 saturated carbocycles. The van der Waals surface area contributed by atoms with Gasteiger partial charge in [-0.05, 0) is 37.1 Å². The number of carbonyl (C=O) groups is 1. The van der Waals surface area contributed by atoms with Crippen molar-refractivity contribution in [3.8, 4) is 0 Å². The van der Waals surface area contributed by atoms with E-state index in [9.17, 15) is 9.59 Å². The minimum Gasteiger partial charge on any atom is -0.444 e. The summed E-state index contributed by atoms with van der Waals surface area (Å²) in [6.07, 6.45) is 2.03. The third-order valence-electron chi connectivity index (χ3n) is 4.73. The third-order valence-corrected chi connectivity index (χ3v) is 4.98. The van der Waals surface area contributed by atoms with E-state index in [1.807, 2.05) is 42.5 Å². The molecule has 1 amide bonds. The molecule has 0 saturated heterocycles. The average molecular weight is 472 g/mol. The molecule has 33 heavy (non-hydrogen) atoms. The van der Waals surface area contributed by atoms with Crippen molar-refractivity contribution in [2.75, 3.05) is 18.5 Å². The van der Waals surface area contributed by atoms with E-state index in [1.165, 1.54) is 17.1 Å². The van der Waals surface area contributed by atoms with Gasteiger partial charge in [0.1, 0.15) is 18.6 Å². The lowest BCUT2D eigenvalue weighted by Gasteiger charge is -2.34. The zero-order valence-corrected chi connectivity index (χ0v) is 19.2. The summed E-state index contributed by atoms with van der Waals surface area (Å²) in [7, 11) is 0. The highest BCUT2D eigenvalue weighted by Gasteiger charge is 2.36. The molecule has 0 atom stereocenters. The van der Waals surface area contributed by atoms with Crippen molar-refractivity contribution in [3.63, 3.8) is 0 Å². The molecule has 8 nitrogen and oxygen atoms in total. The van der Waals surface area contributed by atoms with Gasteiger partial charge in [-0.15, -0.1) is 0 Å². The molecule has 3 rings (SSSR count). The highest BCUT2D eigenvalue weighted by molar-refractivity contribution is 6.30. The Kier molecular flexibility index (Phi) is 8.59. The number of anilines is 1. The number of rotatable bonds is 10. The van der Waals surface area contributed by atoms with E-state index >= 15 is 0 Å². The highest BCUT2D eigenvalue weighted by atomic mass is 35.5. The van der Waals surface area contributed by atoms with Gasteiger partial charge in [-0.3, -0.25) is 10.1 Å². The Balaban J connectivity index is 1.86. The van der Waals surface area contributed by atoms with Gasteiger partial charge in [-0.1, -0.05) is 54.1 Å². The highest BCUT2D eigenvalue weighted by Crippen LogP contribution is 2.26. The fraction of sp³-hybridized carbons (Fsp3) is 0.292. The van der Waals surface area contributed by atoms with Gasteiger partial charge in [0.15, 0.2) is 0 Å². The van der Waals surface area contributed by atoms with Crippen molar-refractivity contribution in [2.24, 2.45) is 0 Å². The molecule has 0 unspecified atom stereocenters. The second kappa shape index (κ2) is 11.6. The Bertz CT molecular complexity index is 1100. The first-order valence-corrected chi connectivity index (χ1v) is 10.9. The van der Waals surface area contributed by atoms with Gasteiger partial charge in [-0.25, -0.2) is 14.3 Å². The van der Waals surface area contributed by atoms with Crippen LogP contribution in [0.3, 0.4) is 0 Å². The van der Waals surface area contributed by atoms with Crippen LogP contribution in [0.4, 0.5) is 10.5 Å². The summed E-state index contributed by atoms with van der Waals surface area (Å²) in [5.41, 5.74) is 1.06. The van der Waals surface area contributed by atoms with Crippen molar-refractivity contribution in [3.05, 3.63) is 93.6 Å². The van der Waals surface area contributed by atoms with Crippen LogP contribution in [0, 0.1) is 0 Å². The van der Waals surface area contributed by atoms with Crippen LogP contribution in [0.2, 0.25) is 5.02 Å². The van der Waals surface area contributed by atoms with E-state index in [4.69, 9.17) is 25.8 Å². The SMILES string of the molecule is CCOC(Cc1ccc(Cl)cc1)(OCC)n1cncc(NC(=O)OCc2ccccc2)c1=O. The molecular formula is C24H26ClN3O5. The second-order valence-corrected chi connectivity index (χ2v) is 7.49. The predicted molar refractivity (Wildman–Crippen MR) is 125 cm³/mol. The van der Waals surface area contributed by atoms with Gasteiger partial charge in [0.25, 0.3) is 11.5 Å². The van der Waals surface area contributed by atoms with Crippen molar-refractivity contribution in [2.45, 2.75) is 32.8 Å². The van der Waals surface area contributed by atoms with Gasteiger partial charge in [0.05, 0.1) is 6.20 Å². The van der Waals surface area contributed by atoms with E-state index in [1.54, 1.807) is 26.0 Å². The Morgan fingerprint density at radius 2 is 1.70 bits per heavy atom. The molecule has 0 bridgehead atoms. The monoisotopic (exact) mass is 471 g/mol. The molecule has 9 heteroatoms. The van der Waals surface area contributed by atoms with Crippen molar-refractivity contribution in [1.29, 1.82) is 0 Å². The largest absolute Gasteiger partial charge is 0.444 e. The van der Waals surface area contributed by atoms with Crippen molar-refractivity contribution >= 4 is 23.4 Å². The van der Waals surface area contributed by atoms with Crippen LogP contribution < -0.4 is 10.9 Å². The van der Waals surface area contributed by atoms with E-state index in [0.717, 1.165) is 11.1 Å². The van der Waals surface area contributed by atoms with Gasteiger partial charge in [0.2, 0.25) is 0 Å². The first-order chi connectivity index (χ1) is 16.0. The summed E-state index contributed by atoms with van der Waals surface area (Å²) < 4.78 is 18.4. The number of nitrogens with one attached hydrogen (secondary N) is 1. The predicted octanol–water partition coefficient (Wildman–Crippen LogP) is 4.57. The zero-order valence-electron chi connectivity index (χ0n) is 18.5. The summed E-state index contributed by atoms with van der Waals surface area (Å²) in [6.45, 7) is 4.22. The molecule has 0 aliphatic heterocycles. The van der Waals surface area contributed by atoms with Crippen molar-refractivity contribution < 1.29 is 19.0 Å². The molecule has 1 heterocycles. The van der Waals surface area contributed by atoms with Gasteiger partial charge < -0.3 is 14.2 Å². The fourth-order valence-corrected chi connectivity index (χ4v) is 3.41. The van der Waals surface area contributed by atoms with Crippen molar-refractivity contribution in [1.82, 2.24) is 9.55 Å². The molecule has 0 aliphatic carbocycles. The first-order valence-electron chi connectivity index (χ1n) is 10.5. The third kappa shape index (κ3) is 6.41. The fourth-order valence-electron chi connectivity index (χ4n) is 3.29. The summed E-state index contributed by atoms with van der Waals surface area (Å²) in [5.74, 6) is -1.47. The lowest BCUT2D eigenvalue weighted by atomic mass is 10.1. The number of hydrogen-bond acceptors (Lipinski definition) is 6. The number of aromatic nitrogens is 2. The van der Waals surface area contributed by atoms with Crippen LogP contribution in [-0.4, -0.2) is 28.9 Å². The molecule has 1 aromatic heterocycles. The molecule has 2 aromatic carbocycles. The number of ether oxygens (including phenoxy) is 3. The van der Waals surface area contributed by atoms with Crippen LogP contribution in [-0.2, 0) is 33.1 Å². The molecule has 1 N–H and O–H groups in total. The quantitative estimate of drug-likeness (QED) is 0.435. The van der Waals surface area contributed by atoms with Crippen LogP contribution >= 0.6 is 11.6 Å². The summed E-state index contributed by atoms with van der Waals surface area (Å²) in [4.78, 5) is 29.7. The molecule has 174 valence electrons. The number of hydrogen-bond donors (Lipinski definition) is 1. The zero-order chi connectivity index (χ0) is 23.7. The molecule has 0 fully saturated rings. The Morgan fingerprint density at radius 3 is 2.33 bits per heavy atom. The lowest BCUT2D eigenvalue weighted by Crippen LogP contribution is -2.48. The van der Waals surface area contributed by atoms with E-state index in [-0.39, 0.29) is 31.9 Å². The molecule has 0 aliphatic rings. The standard InChI is InChI=1S/C24H26ClN3O5/c1-3-32-24(33-4-2,14-18-10-12-20(25)13-11-18)28-17-26-15-21(22(28)29)27-23(30)31-16-19-8-6-5-7-9-19/h5-13,15,17H,3-4,14,16H2,1-2H3,(H,27,30). The minimum atomic E-state index is -1.47. The lowest BCUT2D eigenvalue weighted by molar-refractivity contribution is -0.292. The van der Waals surface area contributed by atoms with Gasteiger partial charge in [0, 0.05) is 24.7 Å². The normalized spacial score (nSPS) is 11.2. The average Bonchev–Trinajstić information content (AvgIpc) is 2.81. The Morgan fingerprint density at radius 1 is 1.03 bits per heavy atom. The number of amides is 1. The smallest absolute Gasteiger partial charge is 0.412 e. The van der Waals surface area contributed by atoms with E-state index < -0.39 is 17.6 Å². The number of benzene rings is 2. The summed E-state index contributed by atoms with van der Waals surface area (Å²) in [6, 6.07) is 16.4. The second-order valence-electron chi connectivity index (χ2n) is 7.05. The number of nitrogens with zero attached hydrogens (tertiary/aromatic N) is 2. The number of carbonyl (C=O) groups excluding carboxylic acids is 1. The molecular weight excluding hydrogens is 446 g/mol. The summed E-state index contributed by atoms with van der Waals surface area (Å²) in [5, 5.41) is 3.06. The van der Waals surface area contributed by atoms with Crippen LogP contribution in [0.5, 0.6) is 0 Å². The minimum absolute atomic E-state index is 0.0598. The van der Waals surface area contributed by atoms with E-state index in [2.05, 4.69) is 10.3 Å². The molecule has 0 spiro atoms. The Labute approximate surface area is 197 Å².